The Labute approximate surface area is 102 Å². The summed E-state index contributed by atoms with van der Waals surface area (Å²) in [6, 6.07) is 7.88. The van der Waals surface area contributed by atoms with Crippen LogP contribution in [0.4, 0.5) is 0 Å². The van der Waals surface area contributed by atoms with Gasteiger partial charge < -0.3 is 15.4 Å². The number of carbonyl (C=O) groups excluding carboxylic acids is 1. The Balaban J connectivity index is 2.57. The van der Waals surface area contributed by atoms with E-state index < -0.39 is 0 Å². The molecule has 0 radical (unpaired) electrons. The third-order valence-electron chi connectivity index (χ3n) is 2.55. The number of nitrogens with one attached hydrogen (secondary N) is 2. The molecule has 0 heterocycles. The van der Waals surface area contributed by atoms with E-state index in [4.69, 9.17) is 4.74 Å². The van der Waals surface area contributed by atoms with Gasteiger partial charge in [-0.25, -0.2) is 0 Å². The number of carbonyl (C=O) groups is 1. The maximum absolute atomic E-state index is 11.3. The van der Waals surface area contributed by atoms with E-state index in [1.54, 1.807) is 7.11 Å². The number of hydrogen-bond acceptors (Lipinski definition) is 3. The topological polar surface area (TPSA) is 50.4 Å². The standard InChI is InChI=1S/C13H20N2O2/c1-4-14-13(16)9-15-10(2)11-7-5-6-8-12(11)17-3/h5-8,10,15H,4,9H2,1-3H3,(H,14,16)/t10-/m1/s1. The van der Waals surface area contributed by atoms with Crippen LogP contribution in [0.3, 0.4) is 0 Å². The number of likely N-dealkylation sites (N-methyl/N-ethyl adjacent to an activating group) is 1. The van der Waals surface area contributed by atoms with E-state index in [-0.39, 0.29) is 11.9 Å². The van der Waals surface area contributed by atoms with Crippen LogP contribution in [0.15, 0.2) is 24.3 Å². The van der Waals surface area contributed by atoms with E-state index >= 15 is 0 Å². The molecule has 1 amide bonds. The molecule has 4 heteroatoms. The van der Waals surface area contributed by atoms with Crippen LogP contribution in [0.5, 0.6) is 5.75 Å². The van der Waals surface area contributed by atoms with Crippen LogP contribution in [0.25, 0.3) is 0 Å². The van der Waals surface area contributed by atoms with Crippen molar-refractivity contribution in [3.8, 4) is 5.75 Å². The first-order valence-electron chi connectivity index (χ1n) is 5.82. The Hall–Kier alpha value is -1.55. The first-order valence-corrected chi connectivity index (χ1v) is 5.82. The average molecular weight is 236 g/mol. The molecule has 0 aliphatic carbocycles. The summed E-state index contributed by atoms with van der Waals surface area (Å²) < 4.78 is 5.28. The van der Waals surface area contributed by atoms with E-state index in [0.717, 1.165) is 11.3 Å². The van der Waals surface area contributed by atoms with E-state index in [9.17, 15) is 4.79 Å². The first kappa shape index (κ1) is 13.5. The molecule has 0 saturated carbocycles. The molecule has 0 aliphatic rings. The fraction of sp³-hybridized carbons (Fsp3) is 0.462. The molecule has 2 N–H and O–H groups in total. The highest BCUT2D eigenvalue weighted by Crippen LogP contribution is 2.23. The molecule has 1 aromatic rings. The zero-order valence-electron chi connectivity index (χ0n) is 10.6. The predicted octanol–water partition coefficient (Wildman–Crippen LogP) is 1.48. The fourth-order valence-electron chi connectivity index (χ4n) is 1.64. The Morgan fingerprint density at radius 2 is 2.12 bits per heavy atom. The number of methoxy groups -OCH3 is 1. The van der Waals surface area contributed by atoms with Gasteiger partial charge in [-0.3, -0.25) is 4.79 Å². The van der Waals surface area contributed by atoms with E-state index in [0.29, 0.717) is 13.1 Å². The molecule has 0 bridgehead atoms. The minimum atomic E-state index is 0.00856. The van der Waals surface area contributed by atoms with Crippen molar-refractivity contribution in [3.05, 3.63) is 29.8 Å². The second-order valence-electron chi connectivity index (χ2n) is 3.80. The van der Waals surface area contributed by atoms with Crippen molar-refractivity contribution in [2.75, 3.05) is 20.2 Å². The van der Waals surface area contributed by atoms with Crippen LogP contribution >= 0.6 is 0 Å². The molecule has 1 atom stereocenters. The van der Waals surface area contributed by atoms with Crippen molar-refractivity contribution < 1.29 is 9.53 Å². The van der Waals surface area contributed by atoms with Crippen LogP contribution in [0, 0.1) is 0 Å². The van der Waals surface area contributed by atoms with Gasteiger partial charge in [-0.1, -0.05) is 18.2 Å². The molecule has 0 fully saturated rings. The average Bonchev–Trinajstić information content (AvgIpc) is 2.36. The number of benzene rings is 1. The van der Waals surface area contributed by atoms with Gasteiger partial charge in [0.1, 0.15) is 5.75 Å². The molecular formula is C13H20N2O2. The molecule has 0 aromatic heterocycles. The zero-order chi connectivity index (χ0) is 12.7. The van der Waals surface area contributed by atoms with Crippen LogP contribution < -0.4 is 15.4 Å². The third kappa shape index (κ3) is 4.07. The summed E-state index contributed by atoms with van der Waals surface area (Å²) in [5, 5.41) is 5.91. The maximum Gasteiger partial charge on any atom is 0.233 e. The van der Waals surface area contributed by atoms with Gasteiger partial charge in [0.05, 0.1) is 13.7 Å². The van der Waals surface area contributed by atoms with Gasteiger partial charge in [0.25, 0.3) is 0 Å². The molecule has 0 spiro atoms. The molecule has 1 aromatic carbocycles. The minimum Gasteiger partial charge on any atom is -0.496 e. The lowest BCUT2D eigenvalue weighted by atomic mass is 10.1. The molecule has 0 saturated heterocycles. The zero-order valence-corrected chi connectivity index (χ0v) is 10.6. The van der Waals surface area contributed by atoms with Crippen LogP contribution in [-0.4, -0.2) is 26.1 Å². The molecule has 94 valence electrons. The second-order valence-corrected chi connectivity index (χ2v) is 3.80. The number of para-hydroxylation sites is 1. The largest absolute Gasteiger partial charge is 0.496 e. The van der Waals surface area contributed by atoms with Crippen molar-refractivity contribution >= 4 is 5.91 Å². The Morgan fingerprint density at radius 3 is 2.76 bits per heavy atom. The summed E-state index contributed by atoms with van der Waals surface area (Å²) in [6.07, 6.45) is 0. The predicted molar refractivity (Wildman–Crippen MR) is 68.1 cm³/mol. The third-order valence-corrected chi connectivity index (χ3v) is 2.55. The lowest BCUT2D eigenvalue weighted by Gasteiger charge is -2.16. The number of ether oxygens (including phenoxy) is 1. The summed E-state index contributed by atoms with van der Waals surface area (Å²) >= 11 is 0. The number of hydrogen-bond donors (Lipinski definition) is 2. The van der Waals surface area contributed by atoms with E-state index in [1.807, 2.05) is 38.1 Å². The summed E-state index contributed by atoms with van der Waals surface area (Å²) in [7, 11) is 1.65. The molecular weight excluding hydrogens is 216 g/mol. The van der Waals surface area contributed by atoms with E-state index in [1.165, 1.54) is 0 Å². The van der Waals surface area contributed by atoms with Crippen LogP contribution in [-0.2, 0) is 4.79 Å². The molecule has 4 nitrogen and oxygen atoms in total. The van der Waals surface area contributed by atoms with Crippen molar-refractivity contribution in [2.24, 2.45) is 0 Å². The molecule has 0 aliphatic heterocycles. The monoisotopic (exact) mass is 236 g/mol. The normalized spacial score (nSPS) is 11.9. The summed E-state index contributed by atoms with van der Waals surface area (Å²) in [5.74, 6) is 0.845. The fourth-order valence-corrected chi connectivity index (χ4v) is 1.64. The van der Waals surface area contributed by atoms with Gasteiger partial charge in [-0.2, -0.15) is 0 Å². The second kappa shape index (κ2) is 6.91. The Morgan fingerprint density at radius 1 is 1.41 bits per heavy atom. The molecule has 17 heavy (non-hydrogen) atoms. The number of rotatable bonds is 6. The summed E-state index contributed by atoms with van der Waals surface area (Å²) in [6.45, 7) is 4.88. The first-order chi connectivity index (χ1) is 8.19. The van der Waals surface area contributed by atoms with Gasteiger partial charge in [0, 0.05) is 18.2 Å². The maximum atomic E-state index is 11.3. The molecule has 1 rings (SSSR count). The van der Waals surface area contributed by atoms with Gasteiger partial charge in [0.2, 0.25) is 5.91 Å². The highest BCUT2D eigenvalue weighted by atomic mass is 16.5. The van der Waals surface area contributed by atoms with Gasteiger partial charge >= 0.3 is 0 Å². The van der Waals surface area contributed by atoms with E-state index in [2.05, 4.69) is 10.6 Å². The Kier molecular flexibility index (Phi) is 5.49. The van der Waals surface area contributed by atoms with Crippen LogP contribution in [0.1, 0.15) is 25.5 Å². The number of amides is 1. The van der Waals surface area contributed by atoms with Crippen LogP contribution in [0.2, 0.25) is 0 Å². The quantitative estimate of drug-likeness (QED) is 0.786. The lowest BCUT2D eigenvalue weighted by Crippen LogP contribution is -2.34. The van der Waals surface area contributed by atoms with Crippen molar-refractivity contribution in [2.45, 2.75) is 19.9 Å². The molecule has 0 unspecified atom stereocenters. The van der Waals surface area contributed by atoms with Gasteiger partial charge in [0.15, 0.2) is 0 Å². The lowest BCUT2D eigenvalue weighted by molar-refractivity contribution is -0.120. The highest BCUT2D eigenvalue weighted by molar-refractivity contribution is 5.77. The Bertz CT molecular complexity index is 366. The highest BCUT2D eigenvalue weighted by Gasteiger charge is 2.11. The summed E-state index contributed by atoms with van der Waals surface area (Å²) in [4.78, 5) is 11.3. The van der Waals surface area contributed by atoms with Gasteiger partial charge in [-0.05, 0) is 19.9 Å². The SMILES string of the molecule is CCNC(=O)CN[C@H](C)c1ccccc1OC. The van der Waals surface area contributed by atoms with Crippen molar-refractivity contribution in [3.63, 3.8) is 0 Å². The van der Waals surface area contributed by atoms with Gasteiger partial charge in [-0.15, -0.1) is 0 Å². The van der Waals surface area contributed by atoms with Crippen molar-refractivity contribution in [1.29, 1.82) is 0 Å². The minimum absolute atomic E-state index is 0.00856. The summed E-state index contributed by atoms with van der Waals surface area (Å²) in [5.41, 5.74) is 1.05. The smallest absolute Gasteiger partial charge is 0.233 e. The van der Waals surface area contributed by atoms with Crippen molar-refractivity contribution in [1.82, 2.24) is 10.6 Å².